The van der Waals surface area contributed by atoms with Gasteiger partial charge in [-0.15, -0.1) is 12.3 Å². The van der Waals surface area contributed by atoms with Crippen molar-refractivity contribution in [1.29, 1.82) is 0 Å². The van der Waals surface area contributed by atoms with Crippen LogP contribution in [0.4, 0.5) is 30.7 Å². The summed E-state index contributed by atoms with van der Waals surface area (Å²) in [4.78, 5) is 3.62. The Morgan fingerprint density at radius 1 is 0.875 bits per heavy atom. The van der Waals surface area contributed by atoms with Gasteiger partial charge < -0.3 is 5.11 Å². The van der Waals surface area contributed by atoms with Gasteiger partial charge in [-0.3, -0.25) is 4.98 Å². The summed E-state index contributed by atoms with van der Waals surface area (Å²) >= 11 is 0. The van der Waals surface area contributed by atoms with Crippen LogP contribution in [-0.4, -0.2) is 10.1 Å². The summed E-state index contributed by atoms with van der Waals surface area (Å²) in [6.45, 7) is 0. The van der Waals surface area contributed by atoms with Crippen molar-refractivity contribution in [3.63, 3.8) is 0 Å². The molecule has 0 aliphatic carbocycles. The van der Waals surface area contributed by atoms with Crippen molar-refractivity contribution in [2.45, 2.75) is 24.1 Å². The lowest BCUT2D eigenvalue weighted by Gasteiger charge is -2.34. The van der Waals surface area contributed by atoms with Crippen LogP contribution in [0.1, 0.15) is 23.2 Å². The van der Waals surface area contributed by atoms with Crippen LogP contribution in [0.25, 0.3) is 11.1 Å². The molecule has 0 saturated heterocycles. The van der Waals surface area contributed by atoms with E-state index in [9.17, 15) is 27.1 Å². The Balaban J connectivity index is 1.99. The fourth-order valence-electron chi connectivity index (χ4n) is 3.16. The third kappa shape index (κ3) is 4.18. The monoisotopic (exact) mass is 453 g/mol. The molecule has 9 heteroatoms. The van der Waals surface area contributed by atoms with E-state index < -0.39 is 52.6 Å². The maximum absolute atomic E-state index is 15.3. The predicted octanol–water partition coefficient (Wildman–Crippen LogP) is 6.05. The number of hydrogen-bond acceptors (Lipinski definition) is 2. The SMILES string of the molecule is C#CCC(O)(c1ccc(F)cc1F)C(F)(F)c1ccc(-c2ccc(C(F)(F)F)cc2)cn1. The fraction of sp³-hybridized carbons (Fsp3) is 0.174. The van der Waals surface area contributed by atoms with Gasteiger partial charge in [0.15, 0.2) is 5.60 Å². The summed E-state index contributed by atoms with van der Waals surface area (Å²) in [7, 11) is 0. The van der Waals surface area contributed by atoms with Gasteiger partial charge in [0.1, 0.15) is 17.3 Å². The molecule has 166 valence electrons. The normalized spacial score (nSPS) is 14.0. The number of nitrogens with zero attached hydrogens (tertiary/aromatic N) is 1. The van der Waals surface area contributed by atoms with Crippen molar-refractivity contribution in [3.05, 3.63) is 89.2 Å². The molecule has 0 aliphatic rings. The van der Waals surface area contributed by atoms with Crippen molar-refractivity contribution in [2.24, 2.45) is 0 Å². The van der Waals surface area contributed by atoms with Crippen molar-refractivity contribution < 1.29 is 35.8 Å². The minimum absolute atomic E-state index is 0.228. The molecule has 0 bridgehead atoms. The highest BCUT2D eigenvalue weighted by Gasteiger charge is 2.56. The average molecular weight is 453 g/mol. The fourth-order valence-corrected chi connectivity index (χ4v) is 3.16. The van der Waals surface area contributed by atoms with Crippen molar-refractivity contribution in [1.82, 2.24) is 4.98 Å². The smallest absolute Gasteiger partial charge is 0.377 e. The lowest BCUT2D eigenvalue weighted by Crippen LogP contribution is -2.44. The second kappa shape index (κ2) is 8.28. The van der Waals surface area contributed by atoms with E-state index in [0.29, 0.717) is 18.2 Å². The molecule has 0 fully saturated rings. The molecule has 2 aromatic carbocycles. The summed E-state index contributed by atoms with van der Waals surface area (Å²) in [6.07, 6.45) is 0.548. The molecule has 1 aromatic heterocycles. The van der Waals surface area contributed by atoms with Gasteiger partial charge >= 0.3 is 12.1 Å². The van der Waals surface area contributed by atoms with Crippen LogP contribution < -0.4 is 0 Å². The third-order valence-electron chi connectivity index (χ3n) is 4.88. The highest BCUT2D eigenvalue weighted by atomic mass is 19.4. The Labute approximate surface area is 178 Å². The van der Waals surface area contributed by atoms with E-state index in [1.165, 1.54) is 0 Å². The molecule has 3 aromatic rings. The van der Waals surface area contributed by atoms with Gasteiger partial charge in [0.05, 0.1) is 5.56 Å². The van der Waals surface area contributed by atoms with Crippen molar-refractivity contribution >= 4 is 0 Å². The van der Waals surface area contributed by atoms with Crippen LogP contribution in [0.15, 0.2) is 60.8 Å². The zero-order chi connectivity index (χ0) is 23.7. The molecule has 1 atom stereocenters. The second-order valence-electron chi connectivity index (χ2n) is 6.95. The number of pyridine rings is 1. The third-order valence-corrected chi connectivity index (χ3v) is 4.88. The standard InChI is InChI=1S/C23H14F7NO/c1-2-11-21(32,18-9-8-17(24)12-19(18)25)22(26,27)20-10-5-15(13-31-20)14-3-6-16(7-4-14)23(28,29)30/h1,3-10,12-13,32H,11H2. The minimum atomic E-state index is -4.53. The number of alkyl halides is 5. The molecule has 0 saturated carbocycles. The topological polar surface area (TPSA) is 33.1 Å². The average Bonchev–Trinajstić information content (AvgIpc) is 2.73. The molecule has 0 radical (unpaired) electrons. The molecular formula is C23H14F7NO. The Morgan fingerprint density at radius 3 is 2.00 bits per heavy atom. The van der Waals surface area contributed by atoms with E-state index in [-0.39, 0.29) is 11.1 Å². The van der Waals surface area contributed by atoms with Crippen LogP contribution in [0.5, 0.6) is 0 Å². The molecule has 2 nitrogen and oxygen atoms in total. The first-order valence-corrected chi connectivity index (χ1v) is 9.03. The van der Waals surface area contributed by atoms with Crippen LogP contribution in [-0.2, 0) is 17.7 Å². The van der Waals surface area contributed by atoms with Gasteiger partial charge in [-0.2, -0.15) is 22.0 Å². The first-order valence-electron chi connectivity index (χ1n) is 9.03. The highest BCUT2D eigenvalue weighted by molar-refractivity contribution is 5.63. The summed E-state index contributed by atoms with van der Waals surface area (Å²) < 4.78 is 96.1. The van der Waals surface area contributed by atoms with Crippen LogP contribution in [0.2, 0.25) is 0 Å². The number of aliphatic hydroxyl groups is 1. The van der Waals surface area contributed by atoms with Gasteiger partial charge in [-0.25, -0.2) is 8.78 Å². The quantitative estimate of drug-likeness (QED) is 0.377. The number of benzene rings is 2. The van der Waals surface area contributed by atoms with Gasteiger partial charge in [0.2, 0.25) is 0 Å². The van der Waals surface area contributed by atoms with Crippen LogP contribution in [0, 0.1) is 24.0 Å². The Kier molecular flexibility index (Phi) is 6.03. The first kappa shape index (κ1) is 23.3. The van der Waals surface area contributed by atoms with Gasteiger partial charge in [-0.1, -0.05) is 24.3 Å². The number of hydrogen-bond donors (Lipinski definition) is 1. The molecule has 0 aliphatic heterocycles. The molecule has 1 unspecified atom stereocenters. The van der Waals surface area contributed by atoms with Crippen molar-refractivity contribution in [2.75, 3.05) is 0 Å². The Morgan fingerprint density at radius 2 is 1.50 bits per heavy atom. The van der Waals surface area contributed by atoms with E-state index in [0.717, 1.165) is 42.6 Å². The molecule has 1 heterocycles. The zero-order valence-electron chi connectivity index (χ0n) is 16.1. The Bertz CT molecular complexity index is 1150. The van der Waals surface area contributed by atoms with E-state index >= 15 is 8.78 Å². The van der Waals surface area contributed by atoms with Crippen LogP contribution >= 0.6 is 0 Å². The predicted molar refractivity (Wildman–Crippen MR) is 102 cm³/mol. The number of rotatable bonds is 5. The largest absolute Gasteiger partial charge is 0.416 e. The van der Waals surface area contributed by atoms with E-state index in [2.05, 4.69) is 4.98 Å². The van der Waals surface area contributed by atoms with E-state index in [1.54, 1.807) is 0 Å². The zero-order valence-corrected chi connectivity index (χ0v) is 16.1. The lowest BCUT2D eigenvalue weighted by atomic mass is 9.82. The van der Waals surface area contributed by atoms with Crippen molar-refractivity contribution in [3.8, 4) is 23.5 Å². The maximum atomic E-state index is 15.3. The number of aromatic nitrogens is 1. The summed E-state index contributed by atoms with van der Waals surface area (Å²) in [5, 5.41) is 10.7. The van der Waals surface area contributed by atoms with Gasteiger partial charge in [-0.05, 0) is 29.8 Å². The van der Waals surface area contributed by atoms with E-state index in [4.69, 9.17) is 6.42 Å². The molecular weight excluding hydrogens is 439 g/mol. The van der Waals surface area contributed by atoms with Gasteiger partial charge in [0, 0.05) is 29.8 Å². The summed E-state index contributed by atoms with van der Waals surface area (Å²) in [6, 6.07) is 7.70. The summed E-state index contributed by atoms with van der Waals surface area (Å²) in [5.74, 6) is -4.77. The molecule has 1 N–H and O–H groups in total. The van der Waals surface area contributed by atoms with E-state index in [1.807, 2.05) is 5.92 Å². The van der Waals surface area contributed by atoms with Crippen LogP contribution in [0.3, 0.4) is 0 Å². The Hall–Kier alpha value is -3.38. The first-order chi connectivity index (χ1) is 14.9. The second-order valence-corrected chi connectivity index (χ2v) is 6.95. The molecule has 32 heavy (non-hydrogen) atoms. The number of halogens is 7. The number of terminal acetylenes is 1. The lowest BCUT2D eigenvalue weighted by molar-refractivity contribution is -0.196. The minimum Gasteiger partial charge on any atom is -0.377 e. The molecule has 0 amide bonds. The summed E-state index contributed by atoms with van der Waals surface area (Å²) in [5.41, 5.74) is -5.47. The molecule has 3 rings (SSSR count). The highest BCUT2D eigenvalue weighted by Crippen LogP contribution is 2.47. The molecule has 0 spiro atoms. The maximum Gasteiger partial charge on any atom is 0.416 e. The van der Waals surface area contributed by atoms with Gasteiger partial charge in [0.25, 0.3) is 0 Å².